The zero-order chi connectivity index (χ0) is 16.9. The number of morpholine rings is 1. The van der Waals surface area contributed by atoms with Crippen LogP contribution in [-0.4, -0.2) is 37.2 Å². The van der Waals surface area contributed by atoms with Gasteiger partial charge in [-0.3, -0.25) is 4.79 Å². The molecule has 24 heavy (non-hydrogen) atoms. The van der Waals surface area contributed by atoms with Crippen LogP contribution >= 0.6 is 0 Å². The number of aryl methyl sites for hydroxylation is 2. The Morgan fingerprint density at radius 3 is 2.75 bits per heavy atom. The Kier molecular flexibility index (Phi) is 5.11. The minimum Gasteiger partial charge on any atom is -0.378 e. The number of aromatic nitrogens is 1. The normalized spacial score (nSPS) is 14.5. The molecule has 0 spiro atoms. The van der Waals surface area contributed by atoms with Gasteiger partial charge in [-0.1, -0.05) is 12.1 Å². The fourth-order valence-electron chi connectivity index (χ4n) is 2.79. The maximum absolute atomic E-state index is 12.4. The van der Waals surface area contributed by atoms with Crippen LogP contribution in [0.1, 0.15) is 27.0 Å². The summed E-state index contributed by atoms with van der Waals surface area (Å²) < 4.78 is 5.40. The maximum Gasteiger partial charge on any atom is 0.251 e. The molecule has 5 nitrogen and oxygen atoms in total. The number of nitrogens with zero attached hydrogens (tertiary/aromatic N) is 2. The Bertz CT molecular complexity index is 724. The number of pyridine rings is 1. The summed E-state index contributed by atoms with van der Waals surface area (Å²) in [6.07, 6.45) is 1.79. The Labute approximate surface area is 142 Å². The zero-order valence-electron chi connectivity index (χ0n) is 14.2. The number of nitrogens with one attached hydrogen (secondary N) is 1. The summed E-state index contributed by atoms with van der Waals surface area (Å²) in [5, 5.41) is 3.00. The Hall–Kier alpha value is -2.40. The number of ether oxygens (including phenoxy) is 1. The third-order valence-corrected chi connectivity index (χ3v) is 4.39. The lowest BCUT2D eigenvalue weighted by molar-refractivity contribution is 0.0950. The van der Waals surface area contributed by atoms with E-state index >= 15 is 0 Å². The van der Waals surface area contributed by atoms with Gasteiger partial charge in [-0.15, -0.1) is 0 Å². The molecule has 3 rings (SSSR count). The van der Waals surface area contributed by atoms with Crippen LogP contribution in [0.4, 0.5) is 5.82 Å². The first kappa shape index (κ1) is 16.5. The number of carbonyl (C=O) groups excluding carboxylic acids is 1. The minimum atomic E-state index is -0.0603. The summed E-state index contributed by atoms with van der Waals surface area (Å²) in [6.45, 7) is 7.61. The predicted octanol–water partition coefficient (Wildman–Crippen LogP) is 2.47. The molecule has 0 bridgehead atoms. The highest BCUT2D eigenvalue weighted by molar-refractivity contribution is 5.94. The highest BCUT2D eigenvalue weighted by Crippen LogP contribution is 2.18. The van der Waals surface area contributed by atoms with Crippen molar-refractivity contribution >= 4 is 11.7 Å². The number of hydrogen-bond acceptors (Lipinski definition) is 4. The molecule has 1 N–H and O–H groups in total. The fraction of sp³-hybridized carbons (Fsp3) is 0.368. The van der Waals surface area contributed by atoms with Gasteiger partial charge in [0.25, 0.3) is 5.91 Å². The van der Waals surface area contributed by atoms with Crippen LogP contribution in [0.2, 0.25) is 0 Å². The van der Waals surface area contributed by atoms with E-state index in [1.54, 1.807) is 6.20 Å². The van der Waals surface area contributed by atoms with E-state index in [4.69, 9.17) is 4.74 Å². The van der Waals surface area contributed by atoms with Crippen LogP contribution in [0.5, 0.6) is 0 Å². The number of carbonyl (C=O) groups is 1. The predicted molar refractivity (Wildman–Crippen MR) is 94.4 cm³/mol. The van der Waals surface area contributed by atoms with Gasteiger partial charge in [0.05, 0.1) is 13.2 Å². The van der Waals surface area contributed by atoms with Gasteiger partial charge in [0.2, 0.25) is 0 Å². The summed E-state index contributed by atoms with van der Waals surface area (Å²) in [4.78, 5) is 19.1. The molecule has 1 amide bonds. The van der Waals surface area contributed by atoms with E-state index in [0.29, 0.717) is 25.3 Å². The topological polar surface area (TPSA) is 54.5 Å². The molecule has 1 aromatic carbocycles. The van der Waals surface area contributed by atoms with E-state index in [9.17, 15) is 4.79 Å². The van der Waals surface area contributed by atoms with Crippen LogP contribution in [0.25, 0.3) is 0 Å². The number of rotatable bonds is 4. The Morgan fingerprint density at radius 2 is 2.00 bits per heavy atom. The standard InChI is InChI=1S/C19H23N3O2/c1-14-5-6-16(12-15(14)2)19(23)21-13-17-4-3-7-20-18(17)22-8-10-24-11-9-22/h3-7,12H,8-11,13H2,1-2H3,(H,21,23). The first-order valence-corrected chi connectivity index (χ1v) is 8.27. The molecule has 0 unspecified atom stereocenters. The number of benzene rings is 1. The smallest absolute Gasteiger partial charge is 0.251 e. The van der Waals surface area contributed by atoms with Gasteiger partial charge < -0.3 is 15.0 Å². The monoisotopic (exact) mass is 325 g/mol. The molecule has 0 radical (unpaired) electrons. The first-order chi connectivity index (χ1) is 11.6. The maximum atomic E-state index is 12.4. The van der Waals surface area contributed by atoms with E-state index in [2.05, 4.69) is 15.2 Å². The molecule has 1 saturated heterocycles. The van der Waals surface area contributed by atoms with E-state index in [-0.39, 0.29) is 5.91 Å². The van der Waals surface area contributed by atoms with Gasteiger partial charge >= 0.3 is 0 Å². The molecule has 0 aliphatic carbocycles. The van der Waals surface area contributed by atoms with E-state index < -0.39 is 0 Å². The summed E-state index contributed by atoms with van der Waals surface area (Å²) in [6, 6.07) is 9.69. The molecule has 0 saturated carbocycles. The van der Waals surface area contributed by atoms with Crippen molar-refractivity contribution in [1.29, 1.82) is 0 Å². The van der Waals surface area contributed by atoms with Gasteiger partial charge in [0.1, 0.15) is 5.82 Å². The molecule has 1 aliphatic rings. The second-order valence-electron chi connectivity index (χ2n) is 6.07. The van der Waals surface area contributed by atoms with Crippen molar-refractivity contribution in [2.24, 2.45) is 0 Å². The van der Waals surface area contributed by atoms with Crippen molar-refractivity contribution in [1.82, 2.24) is 10.3 Å². The first-order valence-electron chi connectivity index (χ1n) is 8.27. The fourth-order valence-corrected chi connectivity index (χ4v) is 2.79. The van der Waals surface area contributed by atoms with Crippen LogP contribution in [0.3, 0.4) is 0 Å². The van der Waals surface area contributed by atoms with Crippen LogP contribution < -0.4 is 10.2 Å². The van der Waals surface area contributed by atoms with Crippen LogP contribution in [0.15, 0.2) is 36.5 Å². The largest absolute Gasteiger partial charge is 0.378 e. The van der Waals surface area contributed by atoms with Crippen molar-refractivity contribution in [3.63, 3.8) is 0 Å². The Morgan fingerprint density at radius 1 is 1.21 bits per heavy atom. The summed E-state index contributed by atoms with van der Waals surface area (Å²) in [5.41, 5.74) is 4.03. The zero-order valence-corrected chi connectivity index (χ0v) is 14.2. The molecular weight excluding hydrogens is 302 g/mol. The summed E-state index contributed by atoms with van der Waals surface area (Å²) >= 11 is 0. The third kappa shape index (κ3) is 3.74. The second kappa shape index (κ2) is 7.45. The van der Waals surface area contributed by atoms with Crippen LogP contribution in [-0.2, 0) is 11.3 Å². The summed E-state index contributed by atoms with van der Waals surface area (Å²) in [7, 11) is 0. The lowest BCUT2D eigenvalue weighted by atomic mass is 10.1. The number of anilines is 1. The highest BCUT2D eigenvalue weighted by Gasteiger charge is 2.16. The molecule has 2 aromatic rings. The minimum absolute atomic E-state index is 0.0603. The molecule has 1 fully saturated rings. The quantitative estimate of drug-likeness (QED) is 0.938. The molecular formula is C19H23N3O2. The number of hydrogen-bond donors (Lipinski definition) is 1. The van der Waals surface area contributed by atoms with Gasteiger partial charge in [-0.05, 0) is 43.2 Å². The highest BCUT2D eigenvalue weighted by atomic mass is 16.5. The van der Waals surface area contributed by atoms with Crippen molar-refractivity contribution in [2.45, 2.75) is 20.4 Å². The van der Waals surface area contributed by atoms with Crippen molar-refractivity contribution in [3.05, 3.63) is 58.8 Å². The van der Waals surface area contributed by atoms with Crippen molar-refractivity contribution in [2.75, 3.05) is 31.2 Å². The molecule has 2 heterocycles. The van der Waals surface area contributed by atoms with E-state index in [0.717, 1.165) is 30.0 Å². The van der Waals surface area contributed by atoms with Crippen molar-refractivity contribution in [3.8, 4) is 0 Å². The molecule has 5 heteroatoms. The second-order valence-corrected chi connectivity index (χ2v) is 6.07. The lowest BCUT2D eigenvalue weighted by Gasteiger charge is -2.29. The summed E-state index contributed by atoms with van der Waals surface area (Å²) in [5.74, 6) is 0.871. The van der Waals surface area contributed by atoms with Gasteiger partial charge in [0, 0.05) is 37.0 Å². The molecule has 1 aromatic heterocycles. The van der Waals surface area contributed by atoms with Crippen molar-refractivity contribution < 1.29 is 9.53 Å². The SMILES string of the molecule is Cc1ccc(C(=O)NCc2cccnc2N2CCOCC2)cc1C. The number of amides is 1. The molecule has 0 atom stereocenters. The van der Waals surface area contributed by atoms with Gasteiger partial charge in [-0.2, -0.15) is 0 Å². The average Bonchev–Trinajstić information content (AvgIpc) is 2.63. The van der Waals surface area contributed by atoms with Gasteiger partial charge in [-0.25, -0.2) is 4.98 Å². The lowest BCUT2D eigenvalue weighted by Crippen LogP contribution is -2.37. The molecule has 126 valence electrons. The molecule has 1 aliphatic heterocycles. The van der Waals surface area contributed by atoms with E-state index in [1.807, 2.05) is 44.2 Å². The average molecular weight is 325 g/mol. The van der Waals surface area contributed by atoms with Crippen LogP contribution in [0, 0.1) is 13.8 Å². The van der Waals surface area contributed by atoms with E-state index in [1.165, 1.54) is 5.56 Å². The third-order valence-electron chi connectivity index (χ3n) is 4.39. The van der Waals surface area contributed by atoms with Gasteiger partial charge in [0.15, 0.2) is 0 Å². The Balaban J connectivity index is 1.70.